The van der Waals surface area contributed by atoms with Crippen molar-refractivity contribution >= 4 is 39.0 Å². The summed E-state index contributed by atoms with van der Waals surface area (Å²) in [5, 5.41) is 3.39. The number of halogens is 1. The molecule has 1 N–H and O–H groups in total. The summed E-state index contributed by atoms with van der Waals surface area (Å²) < 4.78 is 11.9. The third-order valence-corrected chi connectivity index (χ3v) is 4.26. The van der Waals surface area contributed by atoms with Crippen LogP contribution in [-0.2, 0) is 11.3 Å². The molecule has 0 aromatic heterocycles. The van der Waals surface area contributed by atoms with Gasteiger partial charge in [0.25, 0.3) is 5.17 Å². The molecule has 2 rings (SSSR count). The Bertz CT molecular complexity index is 688. The zero-order valence-corrected chi connectivity index (χ0v) is 15.2. The topological polar surface area (TPSA) is 30.5 Å². The minimum absolute atomic E-state index is 0.325. The Labute approximate surface area is 144 Å². The van der Waals surface area contributed by atoms with E-state index in [0.717, 1.165) is 27.0 Å². The van der Waals surface area contributed by atoms with E-state index < -0.39 is 0 Å². The summed E-state index contributed by atoms with van der Waals surface area (Å²) >= 11 is 8.62. The maximum absolute atomic E-state index is 5.96. The molecule has 3 nitrogen and oxygen atoms in total. The Morgan fingerprint density at radius 3 is 2.68 bits per heavy atom. The smallest absolute Gasteiger partial charge is 0.260 e. The quantitative estimate of drug-likeness (QED) is 0.758. The van der Waals surface area contributed by atoms with Crippen molar-refractivity contribution in [1.29, 1.82) is 0 Å². The summed E-state index contributed by atoms with van der Waals surface area (Å²) in [6, 6.07) is 12.0. The van der Waals surface area contributed by atoms with E-state index in [1.54, 1.807) is 7.11 Å². The molecule has 0 heterocycles. The third kappa shape index (κ3) is 4.21. The average molecular weight is 380 g/mol. The van der Waals surface area contributed by atoms with Crippen LogP contribution in [0.3, 0.4) is 0 Å². The number of rotatable bonds is 4. The largest absolute Gasteiger partial charge is 0.489 e. The van der Waals surface area contributed by atoms with E-state index in [2.05, 4.69) is 34.2 Å². The molecule has 0 spiro atoms. The molecule has 0 saturated heterocycles. The van der Waals surface area contributed by atoms with E-state index in [1.165, 1.54) is 5.56 Å². The second-order valence-corrected chi connectivity index (χ2v) is 6.17. The standard InChI is InChI=1S/C17H18BrNO2S/c1-11-7-8-16(12(2)9-11)21-10-13-14(18)5-4-6-15(13)19-17(22)20-3/h4-9H,10H2,1-3H3,(H,19,22). The number of hydrogen-bond acceptors (Lipinski definition) is 3. The summed E-state index contributed by atoms with van der Waals surface area (Å²) in [6.45, 7) is 4.54. The Morgan fingerprint density at radius 2 is 2.00 bits per heavy atom. The SMILES string of the molecule is COC(=S)Nc1cccc(Br)c1COc1ccc(C)cc1C. The predicted octanol–water partition coefficient (Wildman–Crippen LogP) is 4.99. The summed E-state index contributed by atoms with van der Waals surface area (Å²) in [7, 11) is 1.54. The van der Waals surface area contributed by atoms with Crippen LogP contribution in [0.5, 0.6) is 5.75 Å². The van der Waals surface area contributed by atoms with Crippen molar-refractivity contribution in [2.75, 3.05) is 12.4 Å². The molecule has 0 saturated carbocycles. The van der Waals surface area contributed by atoms with Crippen LogP contribution in [0.15, 0.2) is 40.9 Å². The number of thiocarbonyl (C=S) groups is 1. The molecule has 0 aliphatic heterocycles. The molecule has 0 aliphatic carbocycles. The van der Waals surface area contributed by atoms with Crippen molar-refractivity contribution in [2.24, 2.45) is 0 Å². The zero-order valence-electron chi connectivity index (χ0n) is 12.8. The fraction of sp³-hybridized carbons (Fsp3) is 0.235. The lowest BCUT2D eigenvalue weighted by Gasteiger charge is -2.15. The summed E-state index contributed by atoms with van der Waals surface area (Å²) in [6.07, 6.45) is 0. The maximum atomic E-state index is 5.96. The van der Waals surface area contributed by atoms with Crippen LogP contribution in [0.1, 0.15) is 16.7 Å². The van der Waals surface area contributed by atoms with Crippen molar-refractivity contribution in [3.05, 3.63) is 57.6 Å². The number of ether oxygens (including phenoxy) is 2. The monoisotopic (exact) mass is 379 g/mol. The highest BCUT2D eigenvalue weighted by Gasteiger charge is 2.10. The fourth-order valence-corrected chi connectivity index (χ4v) is 2.69. The van der Waals surface area contributed by atoms with Crippen LogP contribution >= 0.6 is 28.1 Å². The van der Waals surface area contributed by atoms with Crippen LogP contribution in [0.4, 0.5) is 5.69 Å². The predicted molar refractivity (Wildman–Crippen MR) is 97.6 cm³/mol. The lowest BCUT2D eigenvalue weighted by Crippen LogP contribution is -2.13. The number of benzene rings is 2. The van der Waals surface area contributed by atoms with Crippen LogP contribution in [0.2, 0.25) is 0 Å². The molecule has 2 aromatic rings. The van der Waals surface area contributed by atoms with Gasteiger partial charge in [-0.05, 0) is 49.8 Å². The van der Waals surface area contributed by atoms with Crippen molar-refractivity contribution in [3.8, 4) is 5.75 Å². The van der Waals surface area contributed by atoms with E-state index in [9.17, 15) is 0 Å². The average Bonchev–Trinajstić information content (AvgIpc) is 2.48. The van der Waals surface area contributed by atoms with Gasteiger partial charge in [-0.2, -0.15) is 0 Å². The van der Waals surface area contributed by atoms with Gasteiger partial charge in [0, 0.05) is 15.7 Å². The first-order valence-electron chi connectivity index (χ1n) is 6.83. The number of anilines is 1. The highest BCUT2D eigenvalue weighted by molar-refractivity contribution is 9.10. The Balaban J connectivity index is 2.19. The first-order valence-corrected chi connectivity index (χ1v) is 8.04. The van der Waals surface area contributed by atoms with Crippen molar-refractivity contribution in [1.82, 2.24) is 0 Å². The molecule has 116 valence electrons. The van der Waals surface area contributed by atoms with E-state index in [4.69, 9.17) is 21.7 Å². The van der Waals surface area contributed by atoms with Crippen LogP contribution in [0.25, 0.3) is 0 Å². The molecule has 0 amide bonds. The molecule has 5 heteroatoms. The second kappa shape index (κ2) is 7.61. The van der Waals surface area contributed by atoms with Gasteiger partial charge in [0.15, 0.2) is 0 Å². The number of methoxy groups -OCH3 is 1. The van der Waals surface area contributed by atoms with Gasteiger partial charge in [-0.15, -0.1) is 0 Å². The lowest BCUT2D eigenvalue weighted by atomic mass is 10.1. The third-order valence-electron chi connectivity index (χ3n) is 3.24. The maximum Gasteiger partial charge on any atom is 0.260 e. The van der Waals surface area contributed by atoms with Gasteiger partial charge < -0.3 is 14.8 Å². The Morgan fingerprint density at radius 1 is 1.23 bits per heavy atom. The highest BCUT2D eigenvalue weighted by atomic mass is 79.9. The van der Waals surface area contributed by atoms with Gasteiger partial charge in [-0.25, -0.2) is 0 Å². The normalized spacial score (nSPS) is 10.2. The Hall–Kier alpha value is -1.59. The summed E-state index contributed by atoms with van der Waals surface area (Å²) in [5.41, 5.74) is 4.19. The van der Waals surface area contributed by atoms with E-state index in [1.807, 2.05) is 37.3 Å². The zero-order chi connectivity index (χ0) is 16.1. The van der Waals surface area contributed by atoms with Gasteiger partial charge in [-0.3, -0.25) is 0 Å². The first-order chi connectivity index (χ1) is 10.5. The van der Waals surface area contributed by atoms with Gasteiger partial charge >= 0.3 is 0 Å². The molecule has 0 atom stereocenters. The lowest BCUT2D eigenvalue weighted by molar-refractivity contribution is 0.304. The van der Waals surface area contributed by atoms with Gasteiger partial charge in [0.05, 0.1) is 7.11 Å². The van der Waals surface area contributed by atoms with Gasteiger partial charge in [-0.1, -0.05) is 39.7 Å². The summed E-state index contributed by atoms with van der Waals surface area (Å²) in [4.78, 5) is 0. The van der Waals surface area contributed by atoms with E-state index in [0.29, 0.717) is 11.8 Å². The van der Waals surface area contributed by atoms with Crippen molar-refractivity contribution in [3.63, 3.8) is 0 Å². The number of nitrogens with one attached hydrogen (secondary N) is 1. The molecular weight excluding hydrogens is 362 g/mol. The molecule has 0 aliphatic rings. The second-order valence-electron chi connectivity index (χ2n) is 4.94. The van der Waals surface area contributed by atoms with Crippen LogP contribution < -0.4 is 10.1 Å². The fourth-order valence-electron chi connectivity index (χ4n) is 2.09. The highest BCUT2D eigenvalue weighted by Crippen LogP contribution is 2.28. The molecule has 0 unspecified atom stereocenters. The van der Waals surface area contributed by atoms with Crippen molar-refractivity contribution in [2.45, 2.75) is 20.5 Å². The van der Waals surface area contributed by atoms with E-state index in [-0.39, 0.29) is 0 Å². The van der Waals surface area contributed by atoms with Gasteiger partial charge in [0.1, 0.15) is 12.4 Å². The Kier molecular flexibility index (Phi) is 5.80. The molecule has 0 radical (unpaired) electrons. The minimum Gasteiger partial charge on any atom is -0.489 e. The van der Waals surface area contributed by atoms with Gasteiger partial charge in [0.2, 0.25) is 0 Å². The molecular formula is C17H18BrNO2S. The van der Waals surface area contributed by atoms with E-state index >= 15 is 0 Å². The molecule has 2 aromatic carbocycles. The molecule has 22 heavy (non-hydrogen) atoms. The first kappa shape index (κ1) is 16.8. The van der Waals surface area contributed by atoms with Crippen molar-refractivity contribution < 1.29 is 9.47 Å². The number of hydrogen-bond donors (Lipinski definition) is 1. The number of aryl methyl sites for hydroxylation is 2. The minimum atomic E-state index is 0.325. The summed E-state index contributed by atoms with van der Waals surface area (Å²) in [5.74, 6) is 0.877. The van der Waals surface area contributed by atoms with Crippen LogP contribution in [0, 0.1) is 13.8 Å². The molecule has 0 bridgehead atoms. The van der Waals surface area contributed by atoms with Crippen LogP contribution in [-0.4, -0.2) is 12.3 Å². The molecule has 0 fully saturated rings.